The molecule has 2 aromatic carbocycles. The summed E-state index contributed by atoms with van der Waals surface area (Å²) in [7, 11) is 0. The summed E-state index contributed by atoms with van der Waals surface area (Å²) in [4.78, 5) is 21.4. The third-order valence-corrected chi connectivity index (χ3v) is 5.54. The molecule has 0 atom stereocenters. The van der Waals surface area contributed by atoms with E-state index in [1.165, 1.54) is 11.3 Å². The van der Waals surface area contributed by atoms with Crippen molar-refractivity contribution in [2.24, 2.45) is 0 Å². The first-order valence-electron chi connectivity index (χ1n) is 10.2. The number of amides is 2. The number of rotatable bonds is 2. The molecule has 5 heteroatoms. The molecule has 1 saturated heterocycles. The summed E-state index contributed by atoms with van der Waals surface area (Å²) in [5.41, 5.74) is 4.29. The van der Waals surface area contributed by atoms with Gasteiger partial charge in [-0.2, -0.15) is 0 Å². The molecule has 2 heterocycles. The van der Waals surface area contributed by atoms with Crippen molar-refractivity contribution in [3.63, 3.8) is 0 Å². The van der Waals surface area contributed by atoms with Crippen LogP contribution >= 0.6 is 0 Å². The topological polar surface area (TPSA) is 48.5 Å². The molecule has 29 heavy (non-hydrogen) atoms. The fourth-order valence-corrected chi connectivity index (χ4v) is 3.74. The number of urea groups is 1. The maximum Gasteiger partial charge on any atom is 0.322 e. The van der Waals surface area contributed by atoms with Gasteiger partial charge in [0, 0.05) is 43.4 Å². The van der Waals surface area contributed by atoms with Crippen LogP contribution in [-0.2, 0) is 5.41 Å². The molecule has 4 rings (SSSR count). The van der Waals surface area contributed by atoms with E-state index in [1.807, 2.05) is 35.2 Å². The maximum absolute atomic E-state index is 12.8. The molecule has 1 aromatic heterocycles. The molecule has 0 aliphatic carbocycles. The highest BCUT2D eigenvalue weighted by Crippen LogP contribution is 2.26. The lowest BCUT2D eigenvalue weighted by molar-refractivity contribution is 0.208. The first-order chi connectivity index (χ1) is 13.9. The number of carbonyl (C=O) groups excluding carboxylic acids is 1. The molecule has 2 amide bonds. The Labute approximate surface area is 172 Å². The lowest BCUT2D eigenvalue weighted by atomic mass is 9.87. The third kappa shape index (κ3) is 4.19. The molecule has 0 unspecified atom stereocenters. The van der Waals surface area contributed by atoms with Crippen molar-refractivity contribution in [3.8, 4) is 0 Å². The van der Waals surface area contributed by atoms with Crippen molar-refractivity contribution in [1.29, 1.82) is 0 Å². The van der Waals surface area contributed by atoms with Crippen molar-refractivity contribution in [2.45, 2.75) is 26.2 Å². The summed E-state index contributed by atoms with van der Waals surface area (Å²) in [6.07, 6.45) is 1.75. The number of nitrogens with zero attached hydrogens (tertiary/aromatic N) is 3. The lowest BCUT2D eigenvalue weighted by Crippen LogP contribution is -2.50. The molecule has 0 radical (unpaired) electrons. The van der Waals surface area contributed by atoms with Gasteiger partial charge in [-0.1, -0.05) is 51.1 Å². The van der Waals surface area contributed by atoms with Crippen molar-refractivity contribution in [2.75, 3.05) is 36.4 Å². The highest BCUT2D eigenvalue weighted by Gasteiger charge is 2.22. The summed E-state index contributed by atoms with van der Waals surface area (Å²) in [5, 5.41) is 4.06. The Bertz CT molecular complexity index is 994. The van der Waals surface area contributed by atoms with E-state index in [1.54, 1.807) is 6.20 Å². The van der Waals surface area contributed by atoms with E-state index in [4.69, 9.17) is 0 Å². The van der Waals surface area contributed by atoms with E-state index in [-0.39, 0.29) is 11.4 Å². The first-order valence-corrected chi connectivity index (χ1v) is 10.2. The average molecular weight is 389 g/mol. The Balaban J connectivity index is 1.38. The molecular weight excluding hydrogens is 360 g/mol. The van der Waals surface area contributed by atoms with Crippen molar-refractivity contribution >= 4 is 28.3 Å². The molecule has 1 aliphatic rings. The summed E-state index contributed by atoms with van der Waals surface area (Å²) >= 11 is 0. The van der Waals surface area contributed by atoms with Gasteiger partial charge in [0.1, 0.15) is 0 Å². The monoisotopic (exact) mass is 388 g/mol. The fourth-order valence-electron chi connectivity index (χ4n) is 3.74. The molecule has 3 aromatic rings. The Morgan fingerprint density at radius 2 is 1.62 bits per heavy atom. The molecule has 0 saturated carbocycles. The molecule has 5 nitrogen and oxygen atoms in total. The number of nitrogens with one attached hydrogen (secondary N) is 1. The number of hydrogen-bond acceptors (Lipinski definition) is 3. The largest absolute Gasteiger partial charge is 0.368 e. The summed E-state index contributed by atoms with van der Waals surface area (Å²) in [6.45, 7) is 9.74. The minimum Gasteiger partial charge on any atom is -0.368 e. The second kappa shape index (κ2) is 7.74. The minimum absolute atomic E-state index is 0.0640. The van der Waals surface area contributed by atoms with Crippen molar-refractivity contribution in [1.82, 2.24) is 9.88 Å². The van der Waals surface area contributed by atoms with Gasteiger partial charge in [-0.25, -0.2) is 4.79 Å². The Morgan fingerprint density at radius 3 is 2.31 bits per heavy atom. The molecule has 1 N–H and O–H groups in total. The van der Waals surface area contributed by atoms with Crippen molar-refractivity contribution in [3.05, 3.63) is 66.4 Å². The number of pyridine rings is 1. The molecular formula is C24H28N4O. The number of hydrogen-bond donors (Lipinski definition) is 1. The third-order valence-electron chi connectivity index (χ3n) is 5.54. The van der Waals surface area contributed by atoms with Gasteiger partial charge in [0.05, 0.1) is 11.2 Å². The van der Waals surface area contributed by atoms with Crippen LogP contribution in [0.25, 0.3) is 10.9 Å². The molecule has 150 valence electrons. The van der Waals surface area contributed by atoms with Gasteiger partial charge in [0.25, 0.3) is 0 Å². The van der Waals surface area contributed by atoms with Crippen LogP contribution in [0.15, 0.2) is 60.8 Å². The van der Waals surface area contributed by atoms with Crippen LogP contribution in [0.2, 0.25) is 0 Å². The Morgan fingerprint density at radius 1 is 0.931 bits per heavy atom. The molecule has 0 spiro atoms. The van der Waals surface area contributed by atoms with E-state index >= 15 is 0 Å². The van der Waals surface area contributed by atoms with Crippen LogP contribution in [0.4, 0.5) is 16.2 Å². The van der Waals surface area contributed by atoms with Gasteiger partial charge in [-0.05, 0) is 35.2 Å². The van der Waals surface area contributed by atoms with Gasteiger partial charge in [-0.15, -0.1) is 0 Å². The van der Waals surface area contributed by atoms with Gasteiger partial charge in [0.2, 0.25) is 0 Å². The average Bonchev–Trinajstić information content (AvgIpc) is 2.73. The smallest absolute Gasteiger partial charge is 0.322 e. The lowest BCUT2D eigenvalue weighted by Gasteiger charge is -2.36. The number of carbonyl (C=O) groups is 1. The van der Waals surface area contributed by atoms with E-state index in [0.717, 1.165) is 29.7 Å². The summed E-state index contributed by atoms with van der Waals surface area (Å²) < 4.78 is 0. The quantitative estimate of drug-likeness (QED) is 0.680. The second-order valence-electron chi connectivity index (χ2n) is 8.58. The number of para-hydroxylation sites is 1. The minimum atomic E-state index is -0.0640. The predicted molar refractivity (Wildman–Crippen MR) is 120 cm³/mol. The zero-order valence-electron chi connectivity index (χ0n) is 17.4. The van der Waals surface area contributed by atoms with E-state index in [0.29, 0.717) is 13.1 Å². The summed E-state index contributed by atoms with van der Waals surface area (Å²) in [6, 6.07) is 18.5. The number of benzene rings is 2. The Kier molecular flexibility index (Phi) is 5.14. The van der Waals surface area contributed by atoms with Gasteiger partial charge >= 0.3 is 6.03 Å². The van der Waals surface area contributed by atoms with Crippen LogP contribution in [0.1, 0.15) is 26.3 Å². The zero-order valence-corrected chi connectivity index (χ0v) is 17.4. The van der Waals surface area contributed by atoms with Gasteiger partial charge in [0.15, 0.2) is 0 Å². The maximum atomic E-state index is 12.8. The zero-order chi connectivity index (χ0) is 20.4. The molecule has 0 bridgehead atoms. The van der Waals surface area contributed by atoms with E-state index in [9.17, 15) is 4.79 Å². The fraction of sp³-hybridized carbons (Fsp3) is 0.333. The molecule has 1 aliphatic heterocycles. The van der Waals surface area contributed by atoms with E-state index in [2.05, 4.69) is 60.2 Å². The SMILES string of the molecule is CC(C)(C)c1ccc(N2CCN(C(=O)Nc3cccc4cccnc34)CC2)cc1. The van der Waals surface area contributed by atoms with Crippen molar-refractivity contribution < 1.29 is 4.79 Å². The number of anilines is 2. The van der Waals surface area contributed by atoms with Crippen LogP contribution in [0.5, 0.6) is 0 Å². The van der Waals surface area contributed by atoms with E-state index < -0.39 is 0 Å². The molecule has 1 fully saturated rings. The second-order valence-corrected chi connectivity index (χ2v) is 8.58. The Hall–Kier alpha value is -3.08. The van der Waals surface area contributed by atoms with Crippen LogP contribution < -0.4 is 10.2 Å². The highest BCUT2D eigenvalue weighted by atomic mass is 16.2. The predicted octanol–water partition coefficient (Wildman–Crippen LogP) is 4.89. The first kappa shape index (κ1) is 19.2. The normalized spacial score (nSPS) is 14.9. The van der Waals surface area contributed by atoms with Crippen LogP contribution in [0.3, 0.4) is 0 Å². The van der Waals surface area contributed by atoms with Gasteiger partial charge in [-0.3, -0.25) is 4.98 Å². The highest BCUT2D eigenvalue weighted by molar-refractivity contribution is 5.99. The summed E-state index contributed by atoms with van der Waals surface area (Å²) in [5.74, 6) is 0. The van der Waals surface area contributed by atoms with Crippen LogP contribution in [-0.4, -0.2) is 42.1 Å². The standard InChI is InChI=1S/C24H28N4O/c1-24(2,3)19-9-11-20(12-10-19)27-14-16-28(17-15-27)23(29)26-21-8-4-6-18-7-5-13-25-22(18)21/h4-13H,14-17H2,1-3H3,(H,26,29). The number of piperazine rings is 1. The van der Waals surface area contributed by atoms with Gasteiger partial charge < -0.3 is 15.1 Å². The van der Waals surface area contributed by atoms with Crippen LogP contribution in [0, 0.1) is 0 Å². The number of aromatic nitrogens is 1. The number of fused-ring (bicyclic) bond motifs is 1.